The highest BCUT2D eigenvalue weighted by Gasteiger charge is 2.04. The number of para-hydroxylation sites is 1. The van der Waals surface area contributed by atoms with Crippen molar-refractivity contribution in [3.8, 4) is 11.1 Å². The molecule has 2 heterocycles. The van der Waals surface area contributed by atoms with Crippen molar-refractivity contribution in [2.75, 3.05) is 0 Å². The molecular weight excluding hydrogens is 186 g/mol. The van der Waals surface area contributed by atoms with Crippen LogP contribution in [-0.4, -0.2) is 15.0 Å². The number of aromatic nitrogens is 3. The number of aromatic amines is 1. The molecule has 0 bridgehead atoms. The van der Waals surface area contributed by atoms with E-state index in [0.717, 1.165) is 22.2 Å². The topological polar surface area (TPSA) is 41.6 Å². The van der Waals surface area contributed by atoms with Gasteiger partial charge in [0.25, 0.3) is 0 Å². The summed E-state index contributed by atoms with van der Waals surface area (Å²) in [5.74, 6) is 0. The van der Waals surface area contributed by atoms with E-state index < -0.39 is 0 Å². The van der Waals surface area contributed by atoms with Crippen molar-refractivity contribution >= 4 is 11.0 Å². The van der Waals surface area contributed by atoms with E-state index in [1.807, 2.05) is 24.3 Å². The van der Waals surface area contributed by atoms with Crippen molar-refractivity contribution in [1.29, 1.82) is 0 Å². The molecule has 3 nitrogen and oxygen atoms in total. The summed E-state index contributed by atoms with van der Waals surface area (Å²) in [6, 6.07) is 10.1. The maximum absolute atomic E-state index is 4.32. The summed E-state index contributed by atoms with van der Waals surface area (Å²) >= 11 is 0. The van der Waals surface area contributed by atoms with E-state index in [4.69, 9.17) is 0 Å². The number of imidazole rings is 1. The van der Waals surface area contributed by atoms with Gasteiger partial charge in [0.1, 0.15) is 0 Å². The number of pyridine rings is 1. The van der Waals surface area contributed by atoms with Gasteiger partial charge in [-0.25, -0.2) is 4.98 Å². The van der Waals surface area contributed by atoms with Crippen LogP contribution >= 0.6 is 0 Å². The van der Waals surface area contributed by atoms with Gasteiger partial charge in [-0.2, -0.15) is 0 Å². The summed E-state index contributed by atoms with van der Waals surface area (Å²) < 4.78 is 0. The second-order valence-electron chi connectivity index (χ2n) is 3.34. The monoisotopic (exact) mass is 195 g/mol. The van der Waals surface area contributed by atoms with E-state index in [2.05, 4.69) is 21.0 Å². The fourth-order valence-electron chi connectivity index (χ4n) is 1.73. The van der Waals surface area contributed by atoms with E-state index in [1.165, 1.54) is 0 Å². The molecule has 0 radical (unpaired) electrons. The first-order valence-electron chi connectivity index (χ1n) is 4.77. The number of benzene rings is 1. The van der Waals surface area contributed by atoms with Crippen LogP contribution in [0.4, 0.5) is 0 Å². The van der Waals surface area contributed by atoms with Crippen molar-refractivity contribution in [3.05, 3.63) is 49.1 Å². The fourth-order valence-corrected chi connectivity index (χ4v) is 1.73. The van der Waals surface area contributed by atoms with Crippen LogP contribution in [0.3, 0.4) is 0 Å². The number of hydrogen-bond acceptors (Lipinski definition) is 2. The third-order valence-electron chi connectivity index (χ3n) is 2.44. The van der Waals surface area contributed by atoms with Gasteiger partial charge in [0.15, 0.2) is 0 Å². The van der Waals surface area contributed by atoms with Crippen LogP contribution in [0.25, 0.3) is 22.2 Å². The van der Waals surface area contributed by atoms with Gasteiger partial charge < -0.3 is 4.98 Å². The molecule has 1 aromatic carbocycles. The third-order valence-corrected chi connectivity index (χ3v) is 2.44. The molecule has 1 N–H and O–H groups in total. The molecule has 0 atom stereocenters. The molecular formula is C12H9N3. The lowest BCUT2D eigenvalue weighted by Crippen LogP contribution is -1.80. The molecule has 72 valence electrons. The number of nitrogens with zero attached hydrogens (tertiary/aromatic N) is 2. The SMILES string of the molecule is c1cc(-c2ccncc2)c2nc[nH]c2c1. The first kappa shape index (κ1) is 8.17. The van der Waals surface area contributed by atoms with Crippen LogP contribution in [0.2, 0.25) is 0 Å². The van der Waals surface area contributed by atoms with E-state index in [0.29, 0.717) is 0 Å². The Morgan fingerprint density at radius 2 is 1.87 bits per heavy atom. The van der Waals surface area contributed by atoms with Gasteiger partial charge in [-0.1, -0.05) is 12.1 Å². The number of H-pyrrole nitrogens is 1. The quantitative estimate of drug-likeness (QED) is 0.648. The van der Waals surface area contributed by atoms with Gasteiger partial charge in [0.05, 0.1) is 17.4 Å². The summed E-state index contributed by atoms with van der Waals surface area (Å²) in [6.45, 7) is 0. The second kappa shape index (κ2) is 3.20. The molecule has 0 saturated carbocycles. The zero-order chi connectivity index (χ0) is 10.1. The molecule has 0 aliphatic heterocycles. The Morgan fingerprint density at radius 1 is 1.00 bits per heavy atom. The lowest BCUT2D eigenvalue weighted by molar-refractivity contribution is 1.33. The van der Waals surface area contributed by atoms with Crippen molar-refractivity contribution in [1.82, 2.24) is 15.0 Å². The minimum Gasteiger partial charge on any atom is -0.345 e. The van der Waals surface area contributed by atoms with Gasteiger partial charge in [-0.15, -0.1) is 0 Å². The average Bonchev–Trinajstić information content (AvgIpc) is 2.78. The third kappa shape index (κ3) is 1.29. The van der Waals surface area contributed by atoms with Crippen LogP contribution in [0.15, 0.2) is 49.1 Å². The zero-order valence-corrected chi connectivity index (χ0v) is 8.01. The Kier molecular flexibility index (Phi) is 1.75. The minimum atomic E-state index is 1.00. The molecule has 3 aromatic rings. The molecule has 2 aromatic heterocycles. The molecule has 0 aliphatic rings. The van der Waals surface area contributed by atoms with Crippen molar-refractivity contribution in [3.63, 3.8) is 0 Å². The van der Waals surface area contributed by atoms with Crippen molar-refractivity contribution < 1.29 is 0 Å². The predicted octanol–water partition coefficient (Wildman–Crippen LogP) is 2.62. The summed E-state index contributed by atoms with van der Waals surface area (Å²) in [4.78, 5) is 11.4. The predicted molar refractivity (Wildman–Crippen MR) is 59.3 cm³/mol. The number of nitrogens with one attached hydrogen (secondary N) is 1. The Bertz CT molecular complexity index is 584. The Labute approximate surface area is 86.8 Å². The normalized spacial score (nSPS) is 10.7. The highest BCUT2D eigenvalue weighted by molar-refractivity contribution is 5.91. The Hall–Kier alpha value is -2.16. The maximum atomic E-state index is 4.32. The largest absolute Gasteiger partial charge is 0.345 e. The fraction of sp³-hybridized carbons (Fsp3) is 0. The number of fused-ring (bicyclic) bond motifs is 1. The van der Waals surface area contributed by atoms with Gasteiger partial charge in [-0.3, -0.25) is 4.98 Å². The van der Waals surface area contributed by atoms with E-state index in [-0.39, 0.29) is 0 Å². The lowest BCUT2D eigenvalue weighted by atomic mass is 10.1. The van der Waals surface area contributed by atoms with E-state index >= 15 is 0 Å². The van der Waals surface area contributed by atoms with E-state index in [9.17, 15) is 0 Å². The highest BCUT2D eigenvalue weighted by atomic mass is 14.9. The van der Waals surface area contributed by atoms with Gasteiger partial charge in [-0.05, 0) is 23.8 Å². The smallest absolute Gasteiger partial charge is 0.0960 e. The average molecular weight is 195 g/mol. The second-order valence-corrected chi connectivity index (χ2v) is 3.34. The van der Waals surface area contributed by atoms with Crippen LogP contribution in [0.1, 0.15) is 0 Å². The standard InChI is InChI=1S/C12H9N3/c1-2-10(9-4-6-13-7-5-9)12-11(3-1)14-8-15-12/h1-8H,(H,14,15). The summed E-state index contributed by atoms with van der Waals surface area (Å²) in [7, 11) is 0. The minimum absolute atomic E-state index is 1.00. The summed E-state index contributed by atoms with van der Waals surface area (Å²) in [5, 5.41) is 0. The summed E-state index contributed by atoms with van der Waals surface area (Å²) in [6.07, 6.45) is 5.30. The van der Waals surface area contributed by atoms with Crippen molar-refractivity contribution in [2.45, 2.75) is 0 Å². The first-order valence-corrected chi connectivity index (χ1v) is 4.77. The Balaban J connectivity index is 2.31. The molecule has 0 aliphatic carbocycles. The van der Waals surface area contributed by atoms with Gasteiger partial charge >= 0.3 is 0 Å². The number of hydrogen-bond donors (Lipinski definition) is 1. The van der Waals surface area contributed by atoms with Gasteiger partial charge in [0.2, 0.25) is 0 Å². The van der Waals surface area contributed by atoms with Crippen LogP contribution in [-0.2, 0) is 0 Å². The molecule has 0 spiro atoms. The molecule has 15 heavy (non-hydrogen) atoms. The molecule has 0 unspecified atom stereocenters. The Morgan fingerprint density at radius 3 is 2.73 bits per heavy atom. The molecule has 3 rings (SSSR count). The summed E-state index contributed by atoms with van der Waals surface area (Å²) in [5.41, 5.74) is 4.34. The van der Waals surface area contributed by atoms with Gasteiger partial charge in [0, 0.05) is 18.0 Å². The number of rotatable bonds is 1. The molecule has 0 amide bonds. The van der Waals surface area contributed by atoms with Crippen LogP contribution in [0.5, 0.6) is 0 Å². The molecule has 0 fully saturated rings. The lowest BCUT2D eigenvalue weighted by Gasteiger charge is -2.01. The maximum Gasteiger partial charge on any atom is 0.0960 e. The molecule has 0 saturated heterocycles. The molecule has 3 heteroatoms. The zero-order valence-electron chi connectivity index (χ0n) is 8.01. The highest BCUT2D eigenvalue weighted by Crippen LogP contribution is 2.25. The van der Waals surface area contributed by atoms with E-state index in [1.54, 1.807) is 18.7 Å². The first-order chi connectivity index (χ1) is 7.45. The van der Waals surface area contributed by atoms with Crippen molar-refractivity contribution in [2.24, 2.45) is 0 Å². The van der Waals surface area contributed by atoms with Crippen LogP contribution in [0, 0.1) is 0 Å². The van der Waals surface area contributed by atoms with Crippen LogP contribution < -0.4 is 0 Å².